The molecule has 3 nitrogen and oxygen atoms in total. The van der Waals surface area contributed by atoms with Crippen molar-refractivity contribution in [2.75, 3.05) is 0 Å². The van der Waals surface area contributed by atoms with E-state index in [1.54, 1.807) is 0 Å². The standard InChI is InChI=1S/Ir.K.H2O3S2.H/c;;1-5(2,3)4;/h;;(H2,1,2,3,4);. The Morgan fingerprint density at radius 2 is 1.43 bits per heavy atom. The number of hydrogen-bond acceptors (Lipinski definition) is 2. The Morgan fingerprint density at radius 1 is 1.43 bits per heavy atom. The van der Waals surface area contributed by atoms with Crippen molar-refractivity contribution in [3.05, 3.63) is 0 Å². The summed E-state index contributed by atoms with van der Waals surface area (Å²) >= 11 is 2.65. The molecule has 1 radical (unpaired) electrons. The van der Waals surface area contributed by atoms with Crippen LogP contribution in [0.4, 0.5) is 0 Å². The third-order valence-electron chi connectivity index (χ3n) is 0. The molecule has 7 heteroatoms. The topological polar surface area (TPSA) is 54.4 Å². The second-order valence-electron chi connectivity index (χ2n) is 0.448. The van der Waals surface area contributed by atoms with Crippen LogP contribution in [0.15, 0.2) is 0 Å². The van der Waals surface area contributed by atoms with Gasteiger partial charge in [0.15, 0.2) is 0 Å². The van der Waals surface area contributed by atoms with Gasteiger partial charge in [0.05, 0.1) is 0 Å². The summed E-state index contributed by atoms with van der Waals surface area (Å²) in [5.74, 6) is 0. The average molecular weight is 346 g/mol. The van der Waals surface area contributed by atoms with E-state index in [-0.39, 0.29) is 71.5 Å². The average Bonchev–Trinajstić information content (AvgIpc) is 0.722. The molecule has 0 aliphatic heterocycles. The van der Waals surface area contributed by atoms with E-state index in [2.05, 4.69) is 11.7 Å². The van der Waals surface area contributed by atoms with Gasteiger partial charge in [-0.05, 0) is 11.7 Å². The van der Waals surface area contributed by atoms with E-state index in [0.29, 0.717) is 0 Å². The molecule has 1 N–H and O–H groups in total. The van der Waals surface area contributed by atoms with Crippen molar-refractivity contribution in [2.45, 2.75) is 0 Å². The van der Waals surface area contributed by atoms with Crippen molar-refractivity contribution < 1.29 is 33.1 Å². The van der Waals surface area contributed by atoms with E-state index in [1.165, 1.54) is 0 Å². The van der Waals surface area contributed by atoms with Gasteiger partial charge in [0.25, 0.3) is 0 Å². The normalized spacial score (nSPS) is 8.29. The Hall–Kier alpha value is 2.55. The minimum atomic E-state index is -3.97. The molecule has 0 heterocycles. The second kappa shape index (κ2) is 6.66. The molecule has 0 spiro atoms. The fourth-order valence-corrected chi connectivity index (χ4v) is 0. The first-order valence-electron chi connectivity index (χ1n) is 0.698. The summed E-state index contributed by atoms with van der Waals surface area (Å²) in [4.78, 5) is 0. The van der Waals surface area contributed by atoms with E-state index < -0.39 is 9.15 Å². The first-order chi connectivity index (χ1) is 2.00. The van der Waals surface area contributed by atoms with Crippen LogP contribution in [0, 0.1) is 0 Å². The number of rotatable bonds is 0. The molecule has 0 fully saturated rings. The van der Waals surface area contributed by atoms with Crippen LogP contribution in [0.3, 0.4) is 0 Å². The predicted molar refractivity (Wildman–Crippen MR) is 27.7 cm³/mol. The molecule has 0 aliphatic rings. The molecular weight excluding hydrogens is 343 g/mol. The monoisotopic (exact) mass is 347 g/mol. The molecule has 0 aromatic carbocycles. The van der Waals surface area contributed by atoms with Gasteiger partial charge in [0.2, 0.25) is 0 Å². The van der Waals surface area contributed by atoms with Gasteiger partial charge in [-0.1, -0.05) is 0 Å². The van der Waals surface area contributed by atoms with Crippen LogP contribution < -0.4 is 0 Å². The van der Waals surface area contributed by atoms with Gasteiger partial charge in [-0.3, -0.25) is 4.55 Å². The Labute approximate surface area is 103 Å². The Morgan fingerprint density at radius 3 is 1.43 bits per heavy atom. The summed E-state index contributed by atoms with van der Waals surface area (Å²) in [7, 11) is -3.97. The zero-order valence-corrected chi connectivity index (χ0v) is 6.56. The van der Waals surface area contributed by atoms with Gasteiger partial charge in [-0.25, -0.2) is 0 Å². The zero-order valence-electron chi connectivity index (χ0n) is 2.45. The molecule has 0 saturated heterocycles. The summed E-state index contributed by atoms with van der Waals surface area (Å²) in [6.07, 6.45) is 0. The third kappa shape index (κ3) is 56.5. The molecule has 0 rings (SSSR count). The van der Waals surface area contributed by atoms with Crippen molar-refractivity contribution in [1.82, 2.24) is 0 Å². The summed E-state index contributed by atoms with van der Waals surface area (Å²) in [5.41, 5.74) is 0. The zero-order chi connectivity index (χ0) is 4.50. The van der Waals surface area contributed by atoms with Crippen molar-refractivity contribution in [1.29, 1.82) is 0 Å². The second-order valence-corrected chi connectivity index (χ2v) is 2.73. The van der Waals surface area contributed by atoms with Gasteiger partial charge in [0.1, 0.15) is 0 Å². The van der Waals surface area contributed by atoms with Crippen LogP contribution >= 0.6 is 11.7 Å². The van der Waals surface area contributed by atoms with Crippen LogP contribution in [-0.2, 0) is 29.3 Å². The SMILES string of the molecule is O=S(=O)(O)S.[Ir].[KH]. The van der Waals surface area contributed by atoms with Crippen LogP contribution in [-0.4, -0.2) is 64.4 Å². The van der Waals surface area contributed by atoms with Crippen LogP contribution in [0.2, 0.25) is 0 Å². The quantitative estimate of drug-likeness (QED) is 0.258. The summed E-state index contributed by atoms with van der Waals surface area (Å²) in [6, 6.07) is 0. The molecular formula is H3IrKO3S2. The predicted octanol–water partition coefficient (Wildman–Crippen LogP) is -0.932. The number of thiol groups is 1. The van der Waals surface area contributed by atoms with Crippen molar-refractivity contribution in [2.24, 2.45) is 0 Å². The van der Waals surface area contributed by atoms with Crippen LogP contribution in [0.1, 0.15) is 0 Å². The fraction of sp³-hybridized carbons (Fsp3) is 0. The van der Waals surface area contributed by atoms with Gasteiger partial charge < -0.3 is 0 Å². The van der Waals surface area contributed by atoms with E-state index >= 15 is 0 Å². The van der Waals surface area contributed by atoms with E-state index in [9.17, 15) is 0 Å². The molecule has 0 amide bonds. The molecule has 0 aromatic heterocycles. The maximum absolute atomic E-state index is 9.05. The third-order valence-corrected chi connectivity index (χ3v) is 0. The Kier molecular flexibility index (Phi) is 15.5. The minimum absolute atomic E-state index is 0. The summed E-state index contributed by atoms with van der Waals surface area (Å²) in [6.45, 7) is 0. The van der Waals surface area contributed by atoms with Crippen LogP contribution in [0.25, 0.3) is 0 Å². The fourth-order valence-electron chi connectivity index (χ4n) is 0. The van der Waals surface area contributed by atoms with Crippen molar-refractivity contribution in [3.63, 3.8) is 0 Å². The molecule has 43 valence electrons. The Balaban J connectivity index is -0.0000000800. The van der Waals surface area contributed by atoms with E-state index in [1.807, 2.05) is 0 Å². The molecule has 0 saturated carbocycles. The summed E-state index contributed by atoms with van der Waals surface area (Å²) in [5, 5.41) is 0. The van der Waals surface area contributed by atoms with Crippen LogP contribution in [0.5, 0.6) is 0 Å². The molecule has 0 unspecified atom stereocenters. The molecule has 0 bridgehead atoms. The molecule has 0 aromatic rings. The van der Waals surface area contributed by atoms with Crippen molar-refractivity contribution >= 4 is 72.2 Å². The first kappa shape index (κ1) is 16.3. The molecule has 0 aliphatic carbocycles. The van der Waals surface area contributed by atoms with Gasteiger partial charge >= 0.3 is 60.5 Å². The molecule has 7 heavy (non-hydrogen) atoms. The number of hydrogen-bond donors (Lipinski definition) is 2. The van der Waals surface area contributed by atoms with Crippen molar-refractivity contribution in [3.8, 4) is 0 Å². The Bertz CT molecular complexity index is 96.1. The van der Waals surface area contributed by atoms with Gasteiger partial charge in [-0.15, -0.1) is 0 Å². The molecule has 0 atom stereocenters. The maximum atomic E-state index is 9.05. The summed E-state index contributed by atoms with van der Waals surface area (Å²) < 4.78 is 25.5. The van der Waals surface area contributed by atoms with E-state index in [4.69, 9.17) is 13.0 Å². The first-order valence-corrected chi connectivity index (χ1v) is 3.19. The van der Waals surface area contributed by atoms with E-state index in [0.717, 1.165) is 0 Å². The van der Waals surface area contributed by atoms with Gasteiger partial charge in [0, 0.05) is 20.1 Å². The van der Waals surface area contributed by atoms with Gasteiger partial charge in [-0.2, -0.15) is 8.42 Å².